The molecule has 1 aromatic carbocycles. The standard InChI is InChI=1S/C15H22N2O3/c1-19-10-11-20-13-7-5-12(6-8-13)17-15(18)14-4-2-3-9-16-14/h5-8,14,16H,2-4,9-11H2,1H3,(H,17,18)/t14-/m1/s1. The molecule has 1 saturated heterocycles. The average molecular weight is 278 g/mol. The van der Waals surface area contributed by atoms with Gasteiger partial charge >= 0.3 is 0 Å². The van der Waals surface area contributed by atoms with Gasteiger partial charge in [-0.1, -0.05) is 6.42 Å². The minimum atomic E-state index is -0.0682. The largest absolute Gasteiger partial charge is 0.491 e. The van der Waals surface area contributed by atoms with Crippen LogP contribution in [0.25, 0.3) is 0 Å². The van der Waals surface area contributed by atoms with Gasteiger partial charge in [0.15, 0.2) is 0 Å². The molecule has 1 aliphatic heterocycles. The van der Waals surface area contributed by atoms with Crippen LogP contribution in [0.15, 0.2) is 24.3 Å². The number of rotatable bonds is 6. The number of amides is 1. The number of ether oxygens (including phenoxy) is 2. The van der Waals surface area contributed by atoms with Gasteiger partial charge in [0.25, 0.3) is 0 Å². The predicted molar refractivity (Wildman–Crippen MR) is 78.1 cm³/mol. The fourth-order valence-electron chi connectivity index (χ4n) is 2.18. The van der Waals surface area contributed by atoms with Crippen LogP contribution >= 0.6 is 0 Å². The van der Waals surface area contributed by atoms with Crippen LogP contribution < -0.4 is 15.4 Å². The lowest BCUT2D eigenvalue weighted by Gasteiger charge is -2.22. The van der Waals surface area contributed by atoms with E-state index in [4.69, 9.17) is 9.47 Å². The summed E-state index contributed by atoms with van der Waals surface area (Å²) >= 11 is 0. The molecular weight excluding hydrogens is 256 g/mol. The Morgan fingerprint density at radius 3 is 2.75 bits per heavy atom. The number of hydrogen-bond donors (Lipinski definition) is 2. The highest BCUT2D eigenvalue weighted by Crippen LogP contribution is 2.16. The molecule has 0 saturated carbocycles. The monoisotopic (exact) mass is 278 g/mol. The molecule has 1 aromatic rings. The van der Waals surface area contributed by atoms with E-state index in [2.05, 4.69) is 10.6 Å². The molecule has 0 radical (unpaired) electrons. The van der Waals surface area contributed by atoms with Crippen LogP contribution in [0.1, 0.15) is 19.3 Å². The maximum Gasteiger partial charge on any atom is 0.241 e. The molecule has 5 heteroatoms. The molecule has 0 unspecified atom stereocenters. The van der Waals surface area contributed by atoms with Crippen molar-refractivity contribution in [3.05, 3.63) is 24.3 Å². The molecular formula is C15H22N2O3. The molecule has 0 aromatic heterocycles. The molecule has 0 aliphatic carbocycles. The summed E-state index contributed by atoms with van der Waals surface area (Å²) in [5.74, 6) is 0.814. The Morgan fingerprint density at radius 1 is 1.30 bits per heavy atom. The van der Waals surface area contributed by atoms with Crippen molar-refractivity contribution < 1.29 is 14.3 Å². The van der Waals surface area contributed by atoms with Gasteiger partial charge in [-0.05, 0) is 43.7 Å². The molecule has 1 heterocycles. The lowest BCUT2D eigenvalue weighted by atomic mass is 10.0. The highest BCUT2D eigenvalue weighted by Gasteiger charge is 2.20. The second kappa shape index (κ2) is 7.87. The second-order valence-electron chi connectivity index (χ2n) is 4.86. The van der Waals surface area contributed by atoms with E-state index in [1.54, 1.807) is 7.11 Å². The molecule has 1 amide bonds. The van der Waals surface area contributed by atoms with Gasteiger partial charge in [-0.15, -0.1) is 0 Å². The zero-order valence-corrected chi connectivity index (χ0v) is 11.9. The fraction of sp³-hybridized carbons (Fsp3) is 0.533. The topological polar surface area (TPSA) is 59.6 Å². The van der Waals surface area contributed by atoms with E-state index in [1.165, 1.54) is 0 Å². The quantitative estimate of drug-likeness (QED) is 0.779. The van der Waals surface area contributed by atoms with Gasteiger partial charge in [0.2, 0.25) is 5.91 Å². The lowest BCUT2D eigenvalue weighted by Crippen LogP contribution is -2.43. The van der Waals surface area contributed by atoms with Crippen LogP contribution in [0, 0.1) is 0 Å². The molecule has 0 bridgehead atoms. The number of methoxy groups -OCH3 is 1. The summed E-state index contributed by atoms with van der Waals surface area (Å²) in [6.07, 6.45) is 3.17. The second-order valence-corrected chi connectivity index (χ2v) is 4.86. The van der Waals surface area contributed by atoms with Crippen LogP contribution in [-0.2, 0) is 9.53 Å². The third-order valence-corrected chi connectivity index (χ3v) is 3.30. The minimum Gasteiger partial charge on any atom is -0.491 e. The average Bonchev–Trinajstić information content (AvgIpc) is 2.50. The van der Waals surface area contributed by atoms with Crippen molar-refractivity contribution in [3.8, 4) is 5.75 Å². The van der Waals surface area contributed by atoms with Crippen molar-refractivity contribution in [1.82, 2.24) is 5.32 Å². The number of piperidine rings is 1. The molecule has 1 aliphatic rings. The lowest BCUT2D eigenvalue weighted by molar-refractivity contribution is -0.118. The molecule has 2 N–H and O–H groups in total. The minimum absolute atomic E-state index is 0.0396. The normalized spacial score (nSPS) is 18.6. The van der Waals surface area contributed by atoms with Crippen molar-refractivity contribution in [2.45, 2.75) is 25.3 Å². The molecule has 20 heavy (non-hydrogen) atoms. The Hall–Kier alpha value is -1.59. The van der Waals surface area contributed by atoms with Gasteiger partial charge in [-0.25, -0.2) is 0 Å². The van der Waals surface area contributed by atoms with E-state index in [9.17, 15) is 4.79 Å². The zero-order chi connectivity index (χ0) is 14.2. The van der Waals surface area contributed by atoms with Crippen molar-refractivity contribution in [2.75, 3.05) is 32.2 Å². The van der Waals surface area contributed by atoms with Crippen molar-refractivity contribution >= 4 is 11.6 Å². The van der Waals surface area contributed by atoms with Crippen molar-refractivity contribution in [1.29, 1.82) is 0 Å². The number of anilines is 1. The maximum absolute atomic E-state index is 12.0. The first-order chi connectivity index (χ1) is 9.79. The first-order valence-corrected chi connectivity index (χ1v) is 7.05. The Kier molecular flexibility index (Phi) is 5.83. The van der Waals surface area contributed by atoms with Gasteiger partial charge in [-0.2, -0.15) is 0 Å². The van der Waals surface area contributed by atoms with E-state index in [0.29, 0.717) is 13.2 Å². The highest BCUT2D eigenvalue weighted by molar-refractivity contribution is 5.94. The van der Waals surface area contributed by atoms with E-state index in [1.807, 2.05) is 24.3 Å². The highest BCUT2D eigenvalue weighted by atomic mass is 16.5. The molecule has 0 spiro atoms. The number of carbonyl (C=O) groups excluding carboxylic acids is 1. The van der Waals surface area contributed by atoms with Crippen molar-refractivity contribution in [3.63, 3.8) is 0 Å². The summed E-state index contributed by atoms with van der Waals surface area (Å²) in [5.41, 5.74) is 0.793. The first kappa shape index (κ1) is 14.8. The Balaban J connectivity index is 1.81. The van der Waals surface area contributed by atoms with Gasteiger partial charge in [-0.3, -0.25) is 4.79 Å². The summed E-state index contributed by atoms with van der Waals surface area (Å²) in [7, 11) is 1.64. The Morgan fingerprint density at radius 2 is 2.10 bits per heavy atom. The SMILES string of the molecule is COCCOc1ccc(NC(=O)[C@H]2CCCCN2)cc1. The van der Waals surface area contributed by atoms with Gasteiger partial charge < -0.3 is 20.1 Å². The number of benzene rings is 1. The summed E-state index contributed by atoms with van der Waals surface area (Å²) < 4.78 is 10.4. The van der Waals surface area contributed by atoms with E-state index >= 15 is 0 Å². The summed E-state index contributed by atoms with van der Waals surface area (Å²) in [5, 5.41) is 6.16. The predicted octanol–water partition coefficient (Wildman–Crippen LogP) is 1.79. The summed E-state index contributed by atoms with van der Waals surface area (Å²) in [6, 6.07) is 7.33. The smallest absolute Gasteiger partial charge is 0.241 e. The van der Waals surface area contributed by atoms with Crippen LogP contribution in [0.3, 0.4) is 0 Å². The van der Waals surface area contributed by atoms with Gasteiger partial charge in [0.1, 0.15) is 12.4 Å². The molecule has 1 fully saturated rings. The Bertz CT molecular complexity index is 414. The Labute approximate surface area is 119 Å². The maximum atomic E-state index is 12.0. The number of hydrogen-bond acceptors (Lipinski definition) is 4. The van der Waals surface area contributed by atoms with E-state index in [-0.39, 0.29) is 11.9 Å². The number of nitrogens with one attached hydrogen (secondary N) is 2. The number of carbonyl (C=O) groups is 1. The van der Waals surface area contributed by atoms with Crippen LogP contribution in [0.5, 0.6) is 5.75 Å². The van der Waals surface area contributed by atoms with E-state index in [0.717, 1.165) is 37.2 Å². The summed E-state index contributed by atoms with van der Waals surface area (Å²) in [4.78, 5) is 12.0. The summed E-state index contributed by atoms with van der Waals surface area (Å²) in [6.45, 7) is 2.00. The zero-order valence-electron chi connectivity index (χ0n) is 11.9. The van der Waals surface area contributed by atoms with Crippen LogP contribution in [0.4, 0.5) is 5.69 Å². The molecule has 1 atom stereocenters. The first-order valence-electron chi connectivity index (χ1n) is 7.05. The third kappa shape index (κ3) is 4.51. The molecule has 110 valence electrons. The third-order valence-electron chi connectivity index (χ3n) is 3.30. The van der Waals surface area contributed by atoms with Gasteiger partial charge in [0, 0.05) is 12.8 Å². The van der Waals surface area contributed by atoms with Crippen LogP contribution in [0.2, 0.25) is 0 Å². The van der Waals surface area contributed by atoms with E-state index < -0.39 is 0 Å². The molecule has 2 rings (SSSR count). The van der Waals surface area contributed by atoms with Crippen molar-refractivity contribution in [2.24, 2.45) is 0 Å². The van der Waals surface area contributed by atoms with Crippen LogP contribution in [-0.4, -0.2) is 38.8 Å². The van der Waals surface area contributed by atoms with Gasteiger partial charge in [0.05, 0.1) is 12.6 Å². The molecule has 5 nitrogen and oxygen atoms in total. The fourth-order valence-corrected chi connectivity index (χ4v) is 2.18.